The van der Waals surface area contributed by atoms with Gasteiger partial charge in [0, 0.05) is 0 Å². The zero-order chi connectivity index (χ0) is 12.4. The Morgan fingerprint density at radius 1 is 1.24 bits per heavy atom. The van der Waals surface area contributed by atoms with Gasteiger partial charge in [0.15, 0.2) is 6.29 Å². The van der Waals surface area contributed by atoms with Crippen molar-refractivity contribution in [2.45, 2.75) is 26.7 Å². The summed E-state index contributed by atoms with van der Waals surface area (Å²) in [6.45, 7) is 6.14. The van der Waals surface area contributed by atoms with E-state index in [9.17, 15) is 4.79 Å². The second-order valence-electron chi connectivity index (χ2n) is 4.34. The van der Waals surface area contributed by atoms with E-state index in [-0.39, 0.29) is 0 Å². The smallest absolute Gasteiger partial charge is 0.172 e. The maximum absolute atomic E-state index is 10.7. The second-order valence-corrected chi connectivity index (χ2v) is 4.34. The highest BCUT2D eigenvalue weighted by Gasteiger charge is 2.09. The van der Waals surface area contributed by atoms with E-state index in [1.807, 2.05) is 19.1 Å². The zero-order valence-electron chi connectivity index (χ0n) is 10.2. The van der Waals surface area contributed by atoms with Crippen LogP contribution in [0.2, 0.25) is 0 Å². The monoisotopic (exact) mass is 229 g/mol. The Bertz CT molecular complexity index is 526. The molecule has 0 amide bonds. The number of carbonyl (C=O) groups is 1. The van der Waals surface area contributed by atoms with E-state index in [1.54, 1.807) is 4.68 Å². The SMILES string of the molecule is Cc1c(C=O)nnn1-c1ccc(C(C)C)cc1. The number of aromatic nitrogens is 3. The maximum atomic E-state index is 10.7. The van der Waals surface area contributed by atoms with Crippen LogP contribution in [0.1, 0.15) is 41.5 Å². The molecule has 0 atom stereocenters. The van der Waals surface area contributed by atoms with Crippen LogP contribution in [0.4, 0.5) is 0 Å². The quantitative estimate of drug-likeness (QED) is 0.760. The third-order valence-electron chi connectivity index (χ3n) is 2.85. The molecule has 88 valence electrons. The summed E-state index contributed by atoms with van der Waals surface area (Å²) in [5.41, 5.74) is 3.35. The molecule has 0 N–H and O–H groups in total. The molecule has 0 radical (unpaired) electrons. The summed E-state index contributed by atoms with van der Waals surface area (Å²) in [6.07, 6.45) is 0.724. The standard InChI is InChI=1S/C13H15N3O/c1-9(2)11-4-6-12(7-5-11)16-10(3)13(8-17)14-15-16/h4-9H,1-3H3. The summed E-state index contributed by atoms with van der Waals surface area (Å²) >= 11 is 0. The number of hydrogen-bond acceptors (Lipinski definition) is 3. The van der Waals surface area contributed by atoms with Gasteiger partial charge in [-0.05, 0) is 30.5 Å². The Morgan fingerprint density at radius 3 is 2.35 bits per heavy atom. The van der Waals surface area contributed by atoms with Crippen LogP contribution in [0.3, 0.4) is 0 Å². The van der Waals surface area contributed by atoms with Crippen molar-refractivity contribution in [3.8, 4) is 5.69 Å². The van der Waals surface area contributed by atoms with Crippen LogP contribution in [0, 0.1) is 6.92 Å². The summed E-state index contributed by atoms with van der Waals surface area (Å²) in [6, 6.07) is 8.13. The largest absolute Gasteiger partial charge is 0.296 e. The molecule has 2 rings (SSSR count). The summed E-state index contributed by atoms with van der Waals surface area (Å²) in [4.78, 5) is 10.7. The lowest BCUT2D eigenvalue weighted by atomic mass is 10.0. The molecule has 4 heteroatoms. The highest BCUT2D eigenvalue weighted by atomic mass is 16.1. The van der Waals surface area contributed by atoms with Gasteiger partial charge in [0.25, 0.3) is 0 Å². The Hall–Kier alpha value is -1.97. The molecule has 4 nitrogen and oxygen atoms in total. The highest BCUT2D eigenvalue weighted by Crippen LogP contribution is 2.17. The average Bonchev–Trinajstić information content (AvgIpc) is 2.70. The molecule has 2 aromatic rings. The third-order valence-corrected chi connectivity index (χ3v) is 2.85. The van der Waals surface area contributed by atoms with Crippen molar-refractivity contribution >= 4 is 6.29 Å². The predicted molar refractivity (Wildman–Crippen MR) is 65.6 cm³/mol. The van der Waals surface area contributed by atoms with Gasteiger partial charge in [0.1, 0.15) is 5.69 Å². The van der Waals surface area contributed by atoms with Crippen molar-refractivity contribution in [2.24, 2.45) is 0 Å². The lowest BCUT2D eigenvalue weighted by Crippen LogP contribution is -2.00. The van der Waals surface area contributed by atoms with Crippen LogP contribution in [-0.4, -0.2) is 21.3 Å². The summed E-state index contributed by atoms with van der Waals surface area (Å²) < 4.78 is 1.67. The molecule has 0 aliphatic heterocycles. The summed E-state index contributed by atoms with van der Waals surface area (Å²) in [7, 11) is 0. The average molecular weight is 229 g/mol. The fourth-order valence-electron chi connectivity index (χ4n) is 1.70. The molecule has 1 aromatic carbocycles. The first-order valence-electron chi connectivity index (χ1n) is 5.61. The molecule has 0 aliphatic carbocycles. The van der Waals surface area contributed by atoms with Gasteiger partial charge in [-0.1, -0.05) is 31.2 Å². The van der Waals surface area contributed by atoms with Gasteiger partial charge in [0.05, 0.1) is 11.4 Å². The Balaban J connectivity index is 2.39. The Labute approximate surface area is 100 Å². The second kappa shape index (κ2) is 4.49. The first-order valence-corrected chi connectivity index (χ1v) is 5.61. The van der Waals surface area contributed by atoms with Crippen LogP contribution in [0.15, 0.2) is 24.3 Å². The van der Waals surface area contributed by atoms with E-state index in [0.29, 0.717) is 11.6 Å². The lowest BCUT2D eigenvalue weighted by Gasteiger charge is -2.07. The summed E-state index contributed by atoms with van der Waals surface area (Å²) in [5.74, 6) is 0.506. The molecule has 1 aromatic heterocycles. The van der Waals surface area contributed by atoms with Crippen LogP contribution >= 0.6 is 0 Å². The number of hydrogen-bond donors (Lipinski definition) is 0. The number of carbonyl (C=O) groups excluding carboxylic acids is 1. The molecule has 0 saturated carbocycles. The minimum atomic E-state index is 0.387. The van der Waals surface area contributed by atoms with Crippen molar-refractivity contribution in [3.05, 3.63) is 41.2 Å². The van der Waals surface area contributed by atoms with E-state index >= 15 is 0 Å². The van der Waals surface area contributed by atoms with Crippen LogP contribution in [0.25, 0.3) is 5.69 Å². The number of nitrogens with zero attached hydrogens (tertiary/aromatic N) is 3. The Morgan fingerprint density at radius 2 is 1.88 bits per heavy atom. The van der Waals surface area contributed by atoms with Crippen molar-refractivity contribution < 1.29 is 4.79 Å². The van der Waals surface area contributed by atoms with E-state index in [0.717, 1.165) is 17.7 Å². The minimum Gasteiger partial charge on any atom is -0.296 e. The molecule has 0 fully saturated rings. The molecule has 1 heterocycles. The predicted octanol–water partition coefficient (Wildman–Crippen LogP) is 2.51. The van der Waals surface area contributed by atoms with Gasteiger partial charge in [-0.2, -0.15) is 0 Å². The molecule has 0 saturated heterocycles. The van der Waals surface area contributed by atoms with E-state index in [4.69, 9.17) is 0 Å². The molecule has 0 spiro atoms. The van der Waals surface area contributed by atoms with Gasteiger partial charge in [-0.3, -0.25) is 4.79 Å². The van der Waals surface area contributed by atoms with Gasteiger partial charge in [-0.15, -0.1) is 5.10 Å². The lowest BCUT2D eigenvalue weighted by molar-refractivity contribution is 0.111. The van der Waals surface area contributed by atoms with Crippen LogP contribution < -0.4 is 0 Å². The number of rotatable bonds is 3. The van der Waals surface area contributed by atoms with Crippen LogP contribution in [-0.2, 0) is 0 Å². The first-order chi connectivity index (χ1) is 8.13. The van der Waals surface area contributed by atoms with Gasteiger partial charge >= 0.3 is 0 Å². The van der Waals surface area contributed by atoms with Gasteiger partial charge < -0.3 is 0 Å². The third kappa shape index (κ3) is 2.11. The fraction of sp³-hybridized carbons (Fsp3) is 0.308. The molecular formula is C13H15N3O. The molecule has 0 unspecified atom stereocenters. The fourth-order valence-corrected chi connectivity index (χ4v) is 1.70. The van der Waals surface area contributed by atoms with Gasteiger partial charge in [0.2, 0.25) is 0 Å². The van der Waals surface area contributed by atoms with Crippen molar-refractivity contribution in [2.75, 3.05) is 0 Å². The van der Waals surface area contributed by atoms with E-state index in [1.165, 1.54) is 5.56 Å². The molecule has 0 bridgehead atoms. The zero-order valence-corrected chi connectivity index (χ0v) is 10.2. The molecule has 17 heavy (non-hydrogen) atoms. The molecular weight excluding hydrogens is 214 g/mol. The van der Waals surface area contributed by atoms with E-state index in [2.05, 4.69) is 36.3 Å². The maximum Gasteiger partial charge on any atom is 0.172 e. The van der Waals surface area contributed by atoms with Crippen molar-refractivity contribution in [1.82, 2.24) is 15.0 Å². The normalized spacial score (nSPS) is 10.8. The van der Waals surface area contributed by atoms with E-state index < -0.39 is 0 Å². The topological polar surface area (TPSA) is 47.8 Å². The van der Waals surface area contributed by atoms with Crippen molar-refractivity contribution in [3.63, 3.8) is 0 Å². The summed E-state index contributed by atoms with van der Waals surface area (Å²) in [5, 5.41) is 7.78. The molecule has 0 aliphatic rings. The number of benzene rings is 1. The van der Waals surface area contributed by atoms with Gasteiger partial charge in [-0.25, -0.2) is 4.68 Å². The van der Waals surface area contributed by atoms with Crippen molar-refractivity contribution in [1.29, 1.82) is 0 Å². The minimum absolute atomic E-state index is 0.387. The number of aldehydes is 1. The first kappa shape index (κ1) is 11.5. The Kier molecular flexibility index (Phi) is 3.04. The van der Waals surface area contributed by atoms with Crippen LogP contribution in [0.5, 0.6) is 0 Å². The highest BCUT2D eigenvalue weighted by molar-refractivity contribution is 5.73.